The fourth-order valence-corrected chi connectivity index (χ4v) is 5.32. The van der Waals surface area contributed by atoms with E-state index in [4.69, 9.17) is 16.6 Å². The topological polar surface area (TPSA) is 44.5 Å². The molecule has 1 N–H and O–H groups in total. The molecule has 0 radical (unpaired) electrons. The first-order valence-corrected chi connectivity index (χ1v) is 11.1. The van der Waals surface area contributed by atoms with Crippen molar-refractivity contribution >= 4 is 49.2 Å². The Morgan fingerprint density at radius 1 is 1.03 bits per heavy atom. The summed E-state index contributed by atoms with van der Waals surface area (Å²) in [5.74, 6) is 0. The molecular weight excluding hydrogens is 404 g/mol. The average Bonchev–Trinajstić information content (AvgIpc) is 3.32. The molecule has 7 heteroatoms. The summed E-state index contributed by atoms with van der Waals surface area (Å²) in [6, 6.07) is 16.2. The zero-order valence-electron chi connectivity index (χ0n) is 16.0. The number of fused-ring (bicyclic) bond motifs is 2. The number of rotatable bonds is 5. The monoisotopic (exact) mass is 426 g/mol. The van der Waals surface area contributed by atoms with Crippen molar-refractivity contribution < 1.29 is 5.11 Å². The summed E-state index contributed by atoms with van der Waals surface area (Å²) in [6.07, 6.45) is 1.67. The maximum Gasteiger partial charge on any atom is 0.186 e. The van der Waals surface area contributed by atoms with Gasteiger partial charge in [0.1, 0.15) is 0 Å². The van der Waals surface area contributed by atoms with Gasteiger partial charge in [-0.3, -0.25) is 4.90 Å². The first-order chi connectivity index (χ1) is 14.2. The Labute approximate surface area is 178 Å². The third kappa shape index (κ3) is 3.98. The number of aromatic nitrogens is 2. The average molecular weight is 427 g/mol. The number of halogens is 1. The van der Waals surface area contributed by atoms with Gasteiger partial charge in [-0.25, -0.2) is 4.98 Å². The second kappa shape index (κ2) is 7.95. The van der Waals surface area contributed by atoms with E-state index < -0.39 is 0 Å². The van der Waals surface area contributed by atoms with E-state index in [1.165, 1.54) is 10.9 Å². The molecule has 1 aliphatic heterocycles. The highest BCUT2D eigenvalue weighted by molar-refractivity contribution is 7.22. The maximum atomic E-state index is 10.6. The molecule has 2 aromatic carbocycles. The fourth-order valence-electron chi connectivity index (χ4n) is 4.03. The van der Waals surface area contributed by atoms with Crippen molar-refractivity contribution in [3.05, 3.63) is 59.8 Å². The van der Waals surface area contributed by atoms with Crippen LogP contribution >= 0.6 is 22.9 Å². The Hall–Kier alpha value is -2.12. The Morgan fingerprint density at radius 2 is 1.86 bits per heavy atom. The Morgan fingerprint density at radius 3 is 2.72 bits per heavy atom. The van der Waals surface area contributed by atoms with Gasteiger partial charge < -0.3 is 14.6 Å². The molecule has 0 aliphatic carbocycles. The lowest BCUT2D eigenvalue weighted by molar-refractivity contribution is 0.0960. The lowest BCUT2D eigenvalue weighted by Crippen LogP contribution is -2.49. The van der Waals surface area contributed by atoms with Crippen LogP contribution in [0.4, 0.5) is 5.13 Å². The number of hydrogen-bond acceptors (Lipinski definition) is 5. The highest BCUT2D eigenvalue weighted by Gasteiger charge is 2.22. The van der Waals surface area contributed by atoms with E-state index in [0.717, 1.165) is 46.5 Å². The summed E-state index contributed by atoms with van der Waals surface area (Å²) in [4.78, 5) is 9.44. The number of anilines is 1. The van der Waals surface area contributed by atoms with Gasteiger partial charge >= 0.3 is 0 Å². The summed E-state index contributed by atoms with van der Waals surface area (Å²) >= 11 is 7.79. The van der Waals surface area contributed by atoms with Crippen LogP contribution in [0, 0.1) is 0 Å². The van der Waals surface area contributed by atoms with E-state index in [1.807, 2.05) is 30.3 Å². The predicted octanol–water partition coefficient (Wildman–Crippen LogP) is 4.09. The van der Waals surface area contributed by atoms with Gasteiger partial charge in [-0.1, -0.05) is 41.1 Å². The van der Waals surface area contributed by atoms with Crippen molar-refractivity contribution in [2.45, 2.75) is 12.6 Å². The fraction of sp³-hybridized carbons (Fsp3) is 0.318. The number of hydrogen-bond donors (Lipinski definition) is 1. The van der Waals surface area contributed by atoms with E-state index in [9.17, 15) is 5.11 Å². The largest absolute Gasteiger partial charge is 0.390 e. The van der Waals surface area contributed by atoms with Crippen LogP contribution in [0.25, 0.3) is 21.1 Å². The lowest BCUT2D eigenvalue weighted by Gasteiger charge is -2.35. The van der Waals surface area contributed by atoms with Crippen LogP contribution in [0.1, 0.15) is 0 Å². The molecule has 1 atom stereocenters. The van der Waals surface area contributed by atoms with Crippen molar-refractivity contribution in [3.63, 3.8) is 0 Å². The third-order valence-electron chi connectivity index (χ3n) is 5.54. The number of thiazole rings is 1. The number of nitrogens with zero attached hydrogens (tertiary/aromatic N) is 4. The van der Waals surface area contributed by atoms with E-state index in [0.29, 0.717) is 13.1 Å². The van der Waals surface area contributed by atoms with E-state index in [-0.39, 0.29) is 6.10 Å². The molecule has 1 aliphatic rings. The standard InChI is InChI=1S/C22H23ClN4OS/c23-17-5-6-19-21(13-17)29-22(24-19)26-11-9-25(10-12-26)14-18(28)15-27-8-7-16-3-1-2-4-20(16)27/h1-8,13,18,28H,9-12,14-15H2. The molecular formula is C22H23ClN4OS. The number of benzene rings is 2. The minimum atomic E-state index is -0.387. The van der Waals surface area contributed by atoms with Gasteiger partial charge in [-0.05, 0) is 35.7 Å². The first kappa shape index (κ1) is 18.9. The van der Waals surface area contributed by atoms with E-state index in [2.05, 4.69) is 38.8 Å². The Balaban J connectivity index is 1.18. The number of aliphatic hydroxyl groups excluding tert-OH is 1. The molecule has 0 spiro atoms. The molecule has 4 aromatic rings. The molecule has 1 saturated heterocycles. The normalized spacial score (nSPS) is 16.7. The molecule has 3 heterocycles. The van der Waals surface area contributed by atoms with Gasteiger partial charge in [-0.15, -0.1) is 0 Å². The van der Waals surface area contributed by atoms with Crippen molar-refractivity contribution in [2.24, 2.45) is 0 Å². The van der Waals surface area contributed by atoms with Gasteiger partial charge in [0.05, 0.1) is 16.3 Å². The molecule has 150 valence electrons. The minimum absolute atomic E-state index is 0.387. The first-order valence-electron chi connectivity index (χ1n) is 9.91. The molecule has 1 fully saturated rings. The summed E-state index contributed by atoms with van der Waals surface area (Å²) < 4.78 is 3.27. The number of aliphatic hydroxyl groups is 1. The second-order valence-electron chi connectivity index (χ2n) is 7.58. The smallest absolute Gasteiger partial charge is 0.186 e. The van der Waals surface area contributed by atoms with Crippen LogP contribution in [0.2, 0.25) is 5.02 Å². The van der Waals surface area contributed by atoms with Crippen LogP contribution in [0.5, 0.6) is 0 Å². The molecule has 0 saturated carbocycles. The molecule has 1 unspecified atom stereocenters. The van der Waals surface area contributed by atoms with E-state index >= 15 is 0 Å². The van der Waals surface area contributed by atoms with Crippen LogP contribution in [0.15, 0.2) is 54.7 Å². The summed E-state index contributed by atoms with van der Waals surface area (Å²) in [5, 5.41) is 13.7. The Kier molecular flexibility index (Phi) is 5.18. The van der Waals surface area contributed by atoms with Crippen LogP contribution < -0.4 is 4.90 Å². The lowest BCUT2D eigenvalue weighted by atomic mass is 10.2. The van der Waals surface area contributed by atoms with Gasteiger partial charge in [0.2, 0.25) is 0 Å². The predicted molar refractivity (Wildman–Crippen MR) is 121 cm³/mol. The minimum Gasteiger partial charge on any atom is -0.390 e. The van der Waals surface area contributed by atoms with Gasteiger partial charge in [-0.2, -0.15) is 0 Å². The third-order valence-corrected chi connectivity index (χ3v) is 6.85. The summed E-state index contributed by atoms with van der Waals surface area (Å²) in [6.45, 7) is 5.02. The second-order valence-corrected chi connectivity index (χ2v) is 9.02. The highest BCUT2D eigenvalue weighted by atomic mass is 35.5. The van der Waals surface area contributed by atoms with Crippen molar-refractivity contribution in [1.82, 2.24) is 14.5 Å². The number of β-amino-alcohol motifs (C(OH)–C–C–N with tert-alkyl or cyclic N) is 1. The zero-order valence-corrected chi connectivity index (χ0v) is 17.6. The SMILES string of the molecule is OC(CN1CCN(c2nc3ccc(Cl)cc3s2)CC1)Cn1ccc2ccccc21. The van der Waals surface area contributed by atoms with E-state index in [1.54, 1.807) is 11.3 Å². The van der Waals surface area contributed by atoms with Crippen LogP contribution in [-0.2, 0) is 6.54 Å². The van der Waals surface area contributed by atoms with Crippen LogP contribution in [0.3, 0.4) is 0 Å². The van der Waals surface area contributed by atoms with Gasteiger partial charge in [0.15, 0.2) is 5.13 Å². The molecule has 5 nitrogen and oxygen atoms in total. The molecule has 2 aromatic heterocycles. The summed E-state index contributed by atoms with van der Waals surface area (Å²) in [7, 11) is 0. The number of para-hydroxylation sites is 1. The van der Waals surface area contributed by atoms with Gasteiger partial charge in [0, 0.05) is 56.0 Å². The summed E-state index contributed by atoms with van der Waals surface area (Å²) in [5.41, 5.74) is 2.18. The number of piperazine rings is 1. The van der Waals surface area contributed by atoms with Crippen molar-refractivity contribution in [3.8, 4) is 0 Å². The highest BCUT2D eigenvalue weighted by Crippen LogP contribution is 2.31. The molecule has 0 amide bonds. The van der Waals surface area contributed by atoms with Gasteiger partial charge in [0.25, 0.3) is 0 Å². The maximum absolute atomic E-state index is 10.6. The quantitative estimate of drug-likeness (QED) is 0.522. The Bertz CT molecular complexity index is 1130. The van der Waals surface area contributed by atoms with Crippen molar-refractivity contribution in [1.29, 1.82) is 0 Å². The molecule has 29 heavy (non-hydrogen) atoms. The van der Waals surface area contributed by atoms with Crippen molar-refractivity contribution in [2.75, 3.05) is 37.6 Å². The van der Waals surface area contributed by atoms with Crippen LogP contribution in [-0.4, -0.2) is 58.4 Å². The molecule has 5 rings (SSSR count). The molecule has 0 bridgehead atoms. The zero-order chi connectivity index (χ0) is 19.8.